The van der Waals surface area contributed by atoms with Crippen molar-refractivity contribution in [2.75, 3.05) is 4.72 Å². The Morgan fingerprint density at radius 3 is 2.33 bits per heavy atom. The predicted molar refractivity (Wildman–Crippen MR) is 81.6 cm³/mol. The van der Waals surface area contributed by atoms with E-state index in [1.54, 1.807) is 0 Å². The zero-order chi connectivity index (χ0) is 15.8. The van der Waals surface area contributed by atoms with Crippen molar-refractivity contribution in [1.82, 2.24) is 0 Å². The molecule has 0 saturated carbocycles. The number of furan rings is 1. The molecule has 0 fully saturated rings. The molecule has 114 valence electrons. The summed E-state index contributed by atoms with van der Waals surface area (Å²) in [6, 6.07) is 3.89. The van der Waals surface area contributed by atoms with Gasteiger partial charge in [-0.1, -0.05) is 34.8 Å². The third kappa shape index (κ3) is 3.46. The van der Waals surface area contributed by atoms with Crippen molar-refractivity contribution in [2.45, 2.75) is 18.4 Å². The van der Waals surface area contributed by atoms with Crippen LogP contribution in [0.3, 0.4) is 0 Å². The quantitative estimate of drug-likeness (QED) is 0.801. The Kier molecular flexibility index (Phi) is 4.75. The highest BCUT2D eigenvalue weighted by atomic mass is 35.5. The number of sulfonamides is 1. The maximum absolute atomic E-state index is 12.3. The van der Waals surface area contributed by atoms with Crippen molar-refractivity contribution in [3.63, 3.8) is 0 Å². The number of anilines is 1. The first-order valence-corrected chi connectivity index (χ1v) is 8.24. The molecular formula is C12H10Cl3NO4S. The van der Waals surface area contributed by atoms with Gasteiger partial charge in [-0.25, -0.2) is 8.42 Å². The van der Waals surface area contributed by atoms with Gasteiger partial charge in [0.2, 0.25) is 0 Å². The van der Waals surface area contributed by atoms with Crippen molar-refractivity contribution in [1.29, 1.82) is 0 Å². The van der Waals surface area contributed by atoms with E-state index in [-0.39, 0.29) is 37.2 Å². The minimum absolute atomic E-state index is 0.0892. The first-order valence-electron chi connectivity index (χ1n) is 5.62. The molecule has 0 amide bonds. The van der Waals surface area contributed by atoms with Crippen molar-refractivity contribution in [3.05, 3.63) is 44.8 Å². The first kappa shape index (κ1) is 16.5. The number of aliphatic hydroxyl groups excluding tert-OH is 1. The van der Waals surface area contributed by atoms with Crippen LogP contribution < -0.4 is 4.72 Å². The highest BCUT2D eigenvalue weighted by molar-refractivity contribution is 7.92. The molecule has 1 aromatic carbocycles. The molecule has 2 aromatic rings. The molecule has 1 heterocycles. The lowest BCUT2D eigenvalue weighted by Crippen LogP contribution is -2.13. The van der Waals surface area contributed by atoms with Crippen LogP contribution in [0.5, 0.6) is 0 Å². The number of benzene rings is 1. The number of halogens is 3. The molecule has 0 saturated heterocycles. The molecule has 0 atom stereocenters. The van der Waals surface area contributed by atoms with Crippen LogP contribution in [-0.4, -0.2) is 13.5 Å². The molecule has 0 aliphatic carbocycles. The van der Waals surface area contributed by atoms with Gasteiger partial charge in [-0.2, -0.15) is 0 Å². The van der Waals surface area contributed by atoms with Gasteiger partial charge in [0, 0.05) is 6.07 Å². The second-order valence-corrected chi connectivity index (χ2v) is 7.02. The molecule has 0 aliphatic heterocycles. The van der Waals surface area contributed by atoms with Gasteiger partial charge in [0.15, 0.2) is 0 Å². The Hall–Kier alpha value is -0.920. The number of rotatable bonds is 4. The summed E-state index contributed by atoms with van der Waals surface area (Å²) in [6.45, 7) is 1.08. The highest BCUT2D eigenvalue weighted by Crippen LogP contribution is 2.34. The molecular weight excluding hydrogens is 361 g/mol. The summed E-state index contributed by atoms with van der Waals surface area (Å²) in [5.74, 6) is 0.302. The monoisotopic (exact) mass is 369 g/mol. The Labute approximate surface area is 136 Å². The van der Waals surface area contributed by atoms with Crippen molar-refractivity contribution in [3.8, 4) is 0 Å². The average Bonchev–Trinajstić information content (AvgIpc) is 2.78. The molecule has 0 aliphatic rings. The zero-order valence-electron chi connectivity index (χ0n) is 10.7. The Morgan fingerprint density at radius 1 is 1.14 bits per heavy atom. The fourth-order valence-corrected chi connectivity index (χ4v) is 3.59. The summed E-state index contributed by atoms with van der Waals surface area (Å²) < 4.78 is 32.0. The highest BCUT2D eigenvalue weighted by Gasteiger charge is 2.22. The van der Waals surface area contributed by atoms with Crippen LogP contribution in [0.2, 0.25) is 15.1 Å². The zero-order valence-corrected chi connectivity index (χ0v) is 13.7. The lowest BCUT2D eigenvalue weighted by molar-refractivity contribution is 0.245. The van der Waals surface area contributed by atoms with Gasteiger partial charge in [-0.3, -0.25) is 4.72 Å². The standard InChI is InChI=1S/C12H10Cl3NO4S/c1-6-12(2-7(5-17)20-6)21(18,19)16-11-4-9(14)8(13)3-10(11)15/h2-4,16-17H,5H2,1H3. The second-order valence-electron chi connectivity index (χ2n) is 4.14. The number of aliphatic hydroxyl groups is 1. The predicted octanol–water partition coefficient (Wildman–Crippen LogP) is 3.84. The number of hydrogen-bond acceptors (Lipinski definition) is 4. The lowest BCUT2D eigenvalue weighted by atomic mass is 10.3. The van der Waals surface area contributed by atoms with E-state index >= 15 is 0 Å². The van der Waals surface area contributed by atoms with E-state index in [1.807, 2.05) is 0 Å². The summed E-state index contributed by atoms with van der Waals surface area (Å²) in [6.07, 6.45) is 0. The summed E-state index contributed by atoms with van der Waals surface area (Å²) in [5, 5.41) is 9.47. The van der Waals surface area contributed by atoms with Crippen molar-refractivity contribution >= 4 is 50.5 Å². The molecule has 0 unspecified atom stereocenters. The van der Waals surface area contributed by atoms with Gasteiger partial charge in [-0.05, 0) is 19.1 Å². The van der Waals surface area contributed by atoms with Crippen molar-refractivity contribution in [2.24, 2.45) is 0 Å². The van der Waals surface area contributed by atoms with Crippen LogP contribution in [0.15, 0.2) is 27.5 Å². The number of hydrogen-bond donors (Lipinski definition) is 2. The Balaban J connectivity index is 2.42. The molecule has 9 heteroatoms. The Morgan fingerprint density at radius 2 is 1.76 bits per heavy atom. The van der Waals surface area contributed by atoms with Gasteiger partial charge < -0.3 is 9.52 Å². The normalized spacial score (nSPS) is 11.7. The minimum atomic E-state index is -3.93. The van der Waals surface area contributed by atoms with E-state index in [0.29, 0.717) is 0 Å². The minimum Gasteiger partial charge on any atom is -0.462 e. The van der Waals surface area contributed by atoms with Crippen LogP contribution in [0.25, 0.3) is 0 Å². The van der Waals surface area contributed by atoms with Crippen molar-refractivity contribution < 1.29 is 17.9 Å². The summed E-state index contributed by atoms with van der Waals surface area (Å²) in [4.78, 5) is -0.0892. The SMILES string of the molecule is Cc1oc(CO)cc1S(=O)(=O)Nc1cc(Cl)c(Cl)cc1Cl. The van der Waals surface area contributed by atoms with Crippen LogP contribution >= 0.6 is 34.8 Å². The molecule has 0 radical (unpaired) electrons. The number of aryl methyl sites for hydroxylation is 1. The lowest BCUT2D eigenvalue weighted by Gasteiger charge is -2.10. The van der Waals surface area contributed by atoms with E-state index in [4.69, 9.17) is 44.3 Å². The summed E-state index contributed by atoms with van der Waals surface area (Å²) in [5.41, 5.74) is 0.0946. The van der Waals surface area contributed by atoms with Crippen LogP contribution in [-0.2, 0) is 16.6 Å². The molecule has 2 rings (SSSR count). The summed E-state index contributed by atoms with van der Waals surface area (Å²) >= 11 is 17.6. The van der Waals surface area contributed by atoms with E-state index in [9.17, 15) is 8.42 Å². The fourth-order valence-electron chi connectivity index (χ4n) is 1.67. The third-order valence-electron chi connectivity index (χ3n) is 2.62. The molecule has 1 aromatic heterocycles. The first-order chi connectivity index (χ1) is 9.74. The summed E-state index contributed by atoms with van der Waals surface area (Å²) in [7, 11) is -3.93. The molecule has 21 heavy (non-hydrogen) atoms. The van der Waals surface area contributed by atoms with E-state index in [2.05, 4.69) is 4.72 Å². The average molecular weight is 371 g/mol. The fraction of sp³-hybridized carbons (Fsp3) is 0.167. The molecule has 2 N–H and O–H groups in total. The molecule has 5 nitrogen and oxygen atoms in total. The van der Waals surface area contributed by atoms with E-state index in [0.717, 1.165) is 0 Å². The van der Waals surface area contributed by atoms with Crippen LogP contribution in [0, 0.1) is 6.92 Å². The smallest absolute Gasteiger partial charge is 0.265 e. The molecule has 0 spiro atoms. The van der Waals surface area contributed by atoms with Crippen LogP contribution in [0.1, 0.15) is 11.5 Å². The number of nitrogens with one attached hydrogen (secondary N) is 1. The maximum Gasteiger partial charge on any atom is 0.265 e. The van der Waals surface area contributed by atoms with E-state index in [1.165, 1.54) is 25.1 Å². The second kappa shape index (κ2) is 6.06. The van der Waals surface area contributed by atoms with Gasteiger partial charge in [0.1, 0.15) is 23.0 Å². The van der Waals surface area contributed by atoms with Crippen LogP contribution in [0.4, 0.5) is 5.69 Å². The molecule has 0 bridgehead atoms. The Bertz CT molecular complexity index is 786. The van der Waals surface area contributed by atoms with Gasteiger partial charge >= 0.3 is 0 Å². The van der Waals surface area contributed by atoms with Gasteiger partial charge in [-0.15, -0.1) is 0 Å². The largest absolute Gasteiger partial charge is 0.462 e. The van der Waals surface area contributed by atoms with Gasteiger partial charge in [0.05, 0.1) is 20.8 Å². The maximum atomic E-state index is 12.3. The third-order valence-corrected chi connectivity index (χ3v) is 5.13. The van der Waals surface area contributed by atoms with E-state index < -0.39 is 16.6 Å². The van der Waals surface area contributed by atoms with Gasteiger partial charge in [0.25, 0.3) is 10.0 Å². The topological polar surface area (TPSA) is 79.5 Å².